The smallest absolute Gasteiger partial charge is 0.340 e. The standard InChI is InChI=1S/C18H11N3O2S2/c19-10-14-15(20)21(11-6-2-1-3-7-11)17(24)25-18(14)13-9-5-4-8-12(13)16(22)23-18/h1-9H,20H2. The summed E-state index contributed by atoms with van der Waals surface area (Å²) in [7, 11) is 0. The molecule has 5 nitrogen and oxygen atoms in total. The van der Waals surface area contributed by atoms with Crippen LogP contribution >= 0.6 is 24.0 Å². The first-order chi connectivity index (χ1) is 12.1. The summed E-state index contributed by atoms with van der Waals surface area (Å²) in [6, 6.07) is 18.4. The molecule has 2 aromatic rings. The topological polar surface area (TPSA) is 79.3 Å². The van der Waals surface area contributed by atoms with Crippen molar-refractivity contribution in [3.05, 3.63) is 77.1 Å². The van der Waals surface area contributed by atoms with Gasteiger partial charge in [0.1, 0.15) is 17.5 Å². The number of nitriles is 1. The Morgan fingerprint density at radius 3 is 2.56 bits per heavy atom. The van der Waals surface area contributed by atoms with Gasteiger partial charge in [0.05, 0.1) is 5.56 Å². The van der Waals surface area contributed by atoms with Crippen LogP contribution in [0.3, 0.4) is 0 Å². The van der Waals surface area contributed by atoms with Crippen LogP contribution < -0.4 is 10.6 Å². The lowest BCUT2D eigenvalue weighted by atomic mass is 9.98. The van der Waals surface area contributed by atoms with E-state index < -0.39 is 10.9 Å². The highest BCUT2D eigenvalue weighted by Crippen LogP contribution is 2.54. The van der Waals surface area contributed by atoms with Crippen molar-refractivity contribution in [3.8, 4) is 6.07 Å². The molecule has 0 radical (unpaired) electrons. The summed E-state index contributed by atoms with van der Waals surface area (Å²) in [5.41, 5.74) is 8.23. The Morgan fingerprint density at radius 1 is 1.16 bits per heavy atom. The second-order valence-corrected chi connectivity index (χ2v) is 7.27. The van der Waals surface area contributed by atoms with Crippen LogP contribution in [0.25, 0.3) is 0 Å². The molecule has 0 bridgehead atoms. The van der Waals surface area contributed by atoms with Crippen molar-refractivity contribution in [2.45, 2.75) is 4.93 Å². The van der Waals surface area contributed by atoms with Gasteiger partial charge in [-0.05, 0) is 30.0 Å². The molecule has 25 heavy (non-hydrogen) atoms. The number of anilines is 1. The zero-order chi connectivity index (χ0) is 17.6. The number of hydrogen-bond donors (Lipinski definition) is 1. The number of para-hydroxylation sites is 1. The average Bonchev–Trinajstić information content (AvgIpc) is 2.89. The van der Waals surface area contributed by atoms with Crippen molar-refractivity contribution in [2.24, 2.45) is 5.73 Å². The molecule has 0 saturated carbocycles. The second kappa shape index (κ2) is 5.62. The molecule has 0 fully saturated rings. The minimum absolute atomic E-state index is 0.160. The van der Waals surface area contributed by atoms with Gasteiger partial charge >= 0.3 is 5.97 Å². The number of fused-ring (bicyclic) bond motifs is 2. The molecule has 2 N–H and O–H groups in total. The van der Waals surface area contributed by atoms with Crippen molar-refractivity contribution in [3.63, 3.8) is 0 Å². The fraction of sp³-hybridized carbons (Fsp3) is 0.0556. The SMILES string of the molecule is N#CC1=C(N)N(c2ccccc2)C(=S)SC12OC(=O)c1ccccc12. The first-order valence-electron chi connectivity index (χ1n) is 7.40. The maximum atomic E-state index is 12.3. The zero-order valence-corrected chi connectivity index (χ0v) is 14.4. The van der Waals surface area contributed by atoms with E-state index in [-0.39, 0.29) is 11.4 Å². The van der Waals surface area contributed by atoms with E-state index in [2.05, 4.69) is 6.07 Å². The van der Waals surface area contributed by atoms with E-state index >= 15 is 0 Å². The number of carbonyl (C=O) groups excluding carboxylic acids is 1. The lowest BCUT2D eigenvalue weighted by Crippen LogP contribution is -2.43. The molecule has 1 atom stereocenters. The molecule has 0 saturated heterocycles. The molecule has 7 heteroatoms. The molecule has 0 aromatic heterocycles. The van der Waals surface area contributed by atoms with Crippen molar-refractivity contribution < 1.29 is 9.53 Å². The number of esters is 1. The number of ether oxygens (including phenoxy) is 1. The molecular weight excluding hydrogens is 354 g/mol. The Kier molecular flexibility index (Phi) is 3.53. The van der Waals surface area contributed by atoms with Gasteiger partial charge in [0.25, 0.3) is 0 Å². The predicted molar refractivity (Wildman–Crippen MR) is 99.5 cm³/mol. The van der Waals surface area contributed by atoms with Gasteiger partial charge in [-0.3, -0.25) is 4.90 Å². The molecule has 0 amide bonds. The monoisotopic (exact) mass is 365 g/mol. The van der Waals surface area contributed by atoms with Crippen LogP contribution in [0.15, 0.2) is 66.0 Å². The maximum Gasteiger partial charge on any atom is 0.340 e. The normalized spacial score (nSPS) is 22.0. The van der Waals surface area contributed by atoms with Gasteiger partial charge in [-0.15, -0.1) is 0 Å². The van der Waals surface area contributed by atoms with Gasteiger partial charge < -0.3 is 10.5 Å². The number of nitrogens with zero attached hydrogens (tertiary/aromatic N) is 2. The first-order valence-corrected chi connectivity index (χ1v) is 8.62. The molecular formula is C18H11N3O2S2. The molecule has 1 spiro atoms. The summed E-state index contributed by atoms with van der Waals surface area (Å²) in [5, 5.41) is 9.79. The molecule has 2 aliphatic heterocycles. The quantitative estimate of drug-likeness (QED) is 0.614. The Hall–Kier alpha value is -2.82. The molecule has 4 rings (SSSR count). The summed E-state index contributed by atoms with van der Waals surface area (Å²) >= 11 is 6.67. The fourth-order valence-electron chi connectivity index (χ4n) is 3.00. The largest absolute Gasteiger partial charge is 0.434 e. The molecule has 2 aliphatic rings. The Balaban J connectivity index is 1.94. The van der Waals surface area contributed by atoms with E-state index in [9.17, 15) is 10.1 Å². The van der Waals surface area contributed by atoms with Crippen molar-refractivity contribution in [2.75, 3.05) is 4.90 Å². The summed E-state index contributed by atoms with van der Waals surface area (Å²) in [5.74, 6) is -0.318. The van der Waals surface area contributed by atoms with E-state index in [0.29, 0.717) is 15.4 Å². The number of benzene rings is 2. The molecule has 0 aliphatic carbocycles. The van der Waals surface area contributed by atoms with Crippen LogP contribution in [0.2, 0.25) is 0 Å². The van der Waals surface area contributed by atoms with Crippen LogP contribution in [0.5, 0.6) is 0 Å². The molecule has 2 aromatic carbocycles. The maximum absolute atomic E-state index is 12.3. The van der Waals surface area contributed by atoms with E-state index in [0.717, 1.165) is 17.4 Å². The summed E-state index contributed by atoms with van der Waals surface area (Å²) in [6.45, 7) is 0. The first kappa shape index (κ1) is 15.7. The van der Waals surface area contributed by atoms with E-state index in [4.69, 9.17) is 22.7 Å². The number of carbonyl (C=O) groups is 1. The number of nitrogens with two attached hydrogens (primary N) is 1. The predicted octanol–water partition coefficient (Wildman–Crippen LogP) is 3.24. The second-order valence-electron chi connectivity index (χ2n) is 5.46. The van der Waals surface area contributed by atoms with Gasteiger partial charge in [0.15, 0.2) is 4.32 Å². The van der Waals surface area contributed by atoms with Gasteiger partial charge in [-0.1, -0.05) is 48.6 Å². The third-order valence-electron chi connectivity index (χ3n) is 4.10. The van der Waals surface area contributed by atoms with E-state index in [1.807, 2.05) is 30.3 Å². The highest BCUT2D eigenvalue weighted by Gasteiger charge is 2.55. The van der Waals surface area contributed by atoms with E-state index in [1.54, 1.807) is 29.2 Å². The average molecular weight is 365 g/mol. The summed E-state index contributed by atoms with van der Waals surface area (Å²) < 4.78 is 6.05. The highest BCUT2D eigenvalue weighted by atomic mass is 32.2. The zero-order valence-electron chi connectivity index (χ0n) is 12.8. The third-order valence-corrected chi connectivity index (χ3v) is 5.69. The van der Waals surface area contributed by atoms with Crippen LogP contribution in [0, 0.1) is 11.3 Å². The highest BCUT2D eigenvalue weighted by molar-refractivity contribution is 8.24. The van der Waals surface area contributed by atoms with Crippen LogP contribution in [0.1, 0.15) is 15.9 Å². The van der Waals surface area contributed by atoms with Crippen LogP contribution in [-0.4, -0.2) is 10.3 Å². The van der Waals surface area contributed by atoms with Crippen LogP contribution in [-0.2, 0) is 9.67 Å². The van der Waals surface area contributed by atoms with Gasteiger partial charge in [0.2, 0.25) is 4.93 Å². The van der Waals surface area contributed by atoms with E-state index in [1.165, 1.54) is 0 Å². The summed E-state index contributed by atoms with van der Waals surface area (Å²) in [6.07, 6.45) is 0. The number of thiocarbonyl (C=S) groups is 1. The Bertz CT molecular complexity index is 981. The van der Waals surface area contributed by atoms with Crippen LogP contribution in [0.4, 0.5) is 5.69 Å². The fourth-order valence-corrected chi connectivity index (χ4v) is 4.76. The van der Waals surface area contributed by atoms with Crippen molar-refractivity contribution in [1.82, 2.24) is 0 Å². The molecule has 122 valence electrons. The number of hydrogen-bond acceptors (Lipinski definition) is 6. The van der Waals surface area contributed by atoms with Gasteiger partial charge in [-0.25, -0.2) is 4.79 Å². The summed E-state index contributed by atoms with van der Waals surface area (Å²) in [4.78, 5) is 12.6. The molecule has 2 heterocycles. The number of thioether (sulfide) groups is 1. The molecule has 1 unspecified atom stereocenters. The lowest BCUT2D eigenvalue weighted by Gasteiger charge is -2.38. The Morgan fingerprint density at radius 2 is 1.84 bits per heavy atom. The third kappa shape index (κ3) is 2.15. The van der Waals surface area contributed by atoms with Crippen molar-refractivity contribution in [1.29, 1.82) is 5.26 Å². The van der Waals surface area contributed by atoms with Gasteiger partial charge in [-0.2, -0.15) is 5.26 Å². The Labute approximate surface area is 153 Å². The minimum atomic E-state index is -1.32. The van der Waals surface area contributed by atoms with Crippen molar-refractivity contribution >= 4 is 40.0 Å². The minimum Gasteiger partial charge on any atom is -0.434 e. The number of rotatable bonds is 1. The van der Waals surface area contributed by atoms with Gasteiger partial charge in [0, 0.05) is 11.3 Å². The lowest BCUT2D eigenvalue weighted by molar-refractivity contribution is 0.0384.